The lowest BCUT2D eigenvalue weighted by molar-refractivity contribution is 0.668. The lowest BCUT2D eigenvalue weighted by Gasteiger charge is -2.18. The number of aromatic nitrogens is 2. The molecule has 2 aromatic rings. The van der Waals surface area contributed by atoms with E-state index in [1.165, 1.54) is 24.1 Å². The summed E-state index contributed by atoms with van der Waals surface area (Å²) in [4.78, 5) is 9.38. The molecule has 104 valence electrons. The Labute approximate surface area is 127 Å². The fourth-order valence-corrected chi connectivity index (χ4v) is 3.17. The van der Waals surface area contributed by atoms with Crippen molar-refractivity contribution >= 4 is 34.4 Å². The fraction of sp³-hybridized carbons (Fsp3) is 0.357. The number of hydrogen-bond donors (Lipinski definition) is 2. The zero-order valence-corrected chi connectivity index (χ0v) is 12.7. The van der Waals surface area contributed by atoms with E-state index >= 15 is 0 Å². The van der Waals surface area contributed by atoms with Gasteiger partial charge in [-0.25, -0.2) is 9.97 Å². The molecule has 1 aliphatic carbocycles. The van der Waals surface area contributed by atoms with Crippen LogP contribution >= 0.6 is 23.6 Å². The van der Waals surface area contributed by atoms with Crippen LogP contribution in [0.4, 0.5) is 5.82 Å². The number of nitrogens with zero attached hydrogens (tertiary/aromatic N) is 2. The number of nitrogens with two attached hydrogens (primary N) is 1. The molecule has 1 aliphatic rings. The monoisotopic (exact) mass is 304 g/mol. The largest absolute Gasteiger partial charge is 0.389 e. The van der Waals surface area contributed by atoms with Gasteiger partial charge in [0.05, 0.1) is 23.3 Å². The molecule has 0 spiro atoms. The van der Waals surface area contributed by atoms with Crippen LogP contribution < -0.4 is 11.1 Å². The van der Waals surface area contributed by atoms with E-state index < -0.39 is 0 Å². The molecule has 0 amide bonds. The number of anilines is 1. The van der Waals surface area contributed by atoms with Gasteiger partial charge in [-0.05, 0) is 37.3 Å². The Morgan fingerprint density at radius 2 is 2.25 bits per heavy atom. The molecule has 0 saturated carbocycles. The van der Waals surface area contributed by atoms with Crippen molar-refractivity contribution in [3.05, 3.63) is 39.5 Å². The Bertz CT molecular complexity index is 622. The van der Waals surface area contributed by atoms with Crippen molar-refractivity contribution in [2.75, 3.05) is 5.32 Å². The molecule has 6 heteroatoms. The highest BCUT2D eigenvalue weighted by Gasteiger charge is 2.16. The maximum absolute atomic E-state index is 5.83. The van der Waals surface area contributed by atoms with Crippen molar-refractivity contribution in [3.63, 3.8) is 0 Å². The minimum absolute atomic E-state index is 0.395. The molecule has 3 rings (SSSR count). The van der Waals surface area contributed by atoms with Gasteiger partial charge in [0, 0.05) is 11.1 Å². The average molecular weight is 304 g/mol. The third-order valence-electron chi connectivity index (χ3n) is 3.49. The van der Waals surface area contributed by atoms with Gasteiger partial charge in [-0.15, -0.1) is 11.3 Å². The highest BCUT2D eigenvalue weighted by Crippen LogP contribution is 2.25. The van der Waals surface area contributed by atoms with Crippen LogP contribution in [0.2, 0.25) is 0 Å². The van der Waals surface area contributed by atoms with E-state index in [1.807, 2.05) is 10.9 Å². The van der Waals surface area contributed by atoms with E-state index in [4.69, 9.17) is 22.9 Å². The van der Waals surface area contributed by atoms with E-state index in [1.54, 1.807) is 11.3 Å². The lowest BCUT2D eigenvalue weighted by Crippen LogP contribution is -2.18. The SMILES string of the molecule is NC(=S)c1cc2c(nc1NCc1cscn1)CCCC2. The summed E-state index contributed by atoms with van der Waals surface area (Å²) in [5.41, 5.74) is 12.0. The third-order valence-corrected chi connectivity index (χ3v) is 4.34. The van der Waals surface area contributed by atoms with Gasteiger partial charge in [0.25, 0.3) is 0 Å². The Hall–Kier alpha value is -1.53. The molecule has 0 bridgehead atoms. The Morgan fingerprint density at radius 3 is 3.00 bits per heavy atom. The summed E-state index contributed by atoms with van der Waals surface area (Å²) in [6.07, 6.45) is 4.54. The molecule has 0 fully saturated rings. The Morgan fingerprint density at radius 1 is 1.40 bits per heavy atom. The minimum atomic E-state index is 0.395. The van der Waals surface area contributed by atoms with Gasteiger partial charge < -0.3 is 11.1 Å². The van der Waals surface area contributed by atoms with Crippen molar-refractivity contribution in [1.82, 2.24) is 9.97 Å². The van der Waals surface area contributed by atoms with E-state index in [2.05, 4.69) is 16.4 Å². The Kier molecular flexibility index (Phi) is 3.93. The van der Waals surface area contributed by atoms with Gasteiger partial charge in [0.1, 0.15) is 10.8 Å². The topological polar surface area (TPSA) is 63.8 Å². The van der Waals surface area contributed by atoms with Crippen LogP contribution in [0.15, 0.2) is 17.0 Å². The summed E-state index contributed by atoms with van der Waals surface area (Å²) in [7, 11) is 0. The molecule has 0 radical (unpaired) electrons. The van der Waals surface area contributed by atoms with Crippen LogP contribution in [0.3, 0.4) is 0 Å². The zero-order chi connectivity index (χ0) is 13.9. The number of rotatable bonds is 4. The fourth-order valence-electron chi connectivity index (χ4n) is 2.46. The highest BCUT2D eigenvalue weighted by atomic mass is 32.1. The van der Waals surface area contributed by atoms with Gasteiger partial charge in [0.2, 0.25) is 0 Å². The van der Waals surface area contributed by atoms with Crippen molar-refractivity contribution in [1.29, 1.82) is 0 Å². The number of nitrogens with one attached hydrogen (secondary N) is 1. The van der Waals surface area contributed by atoms with Crippen LogP contribution in [0.5, 0.6) is 0 Å². The number of thiocarbonyl (C=S) groups is 1. The number of thiazole rings is 1. The van der Waals surface area contributed by atoms with E-state index in [-0.39, 0.29) is 0 Å². The Balaban J connectivity index is 1.89. The maximum atomic E-state index is 5.83. The van der Waals surface area contributed by atoms with Gasteiger partial charge in [-0.3, -0.25) is 0 Å². The molecule has 2 heterocycles. The van der Waals surface area contributed by atoms with Gasteiger partial charge in [0.15, 0.2) is 0 Å². The molecule has 0 aromatic carbocycles. The predicted octanol–water partition coefficient (Wildman–Crippen LogP) is 2.66. The summed E-state index contributed by atoms with van der Waals surface area (Å²) in [6, 6.07) is 2.10. The van der Waals surface area contributed by atoms with E-state index in [0.29, 0.717) is 11.5 Å². The first kappa shape index (κ1) is 13.5. The second-order valence-electron chi connectivity index (χ2n) is 4.90. The van der Waals surface area contributed by atoms with Crippen molar-refractivity contribution < 1.29 is 0 Å². The van der Waals surface area contributed by atoms with Crippen molar-refractivity contribution in [2.45, 2.75) is 32.2 Å². The summed E-state index contributed by atoms with van der Waals surface area (Å²) in [6.45, 7) is 0.644. The third kappa shape index (κ3) is 2.81. The zero-order valence-electron chi connectivity index (χ0n) is 11.1. The smallest absolute Gasteiger partial charge is 0.136 e. The van der Waals surface area contributed by atoms with E-state index in [9.17, 15) is 0 Å². The molecular formula is C14H16N4S2. The summed E-state index contributed by atoms with van der Waals surface area (Å²) < 4.78 is 0. The highest BCUT2D eigenvalue weighted by molar-refractivity contribution is 7.80. The van der Waals surface area contributed by atoms with Gasteiger partial charge in [-0.1, -0.05) is 12.2 Å². The average Bonchev–Trinajstić information content (AvgIpc) is 2.97. The van der Waals surface area contributed by atoms with Gasteiger partial charge >= 0.3 is 0 Å². The van der Waals surface area contributed by atoms with Crippen molar-refractivity contribution in [3.8, 4) is 0 Å². The second-order valence-corrected chi connectivity index (χ2v) is 6.05. The van der Waals surface area contributed by atoms with Crippen LogP contribution in [-0.4, -0.2) is 15.0 Å². The first-order chi connectivity index (χ1) is 9.74. The molecule has 0 unspecified atom stereocenters. The lowest BCUT2D eigenvalue weighted by atomic mass is 9.94. The predicted molar refractivity (Wildman–Crippen MR) is 86.2 cm³/mol. The van der Waals surface area contributed by atoms with Gasteiger partial charge in [-0.2, -0.15) is 0 Å². The van der Waals surface area contributed by atoms with Crippen LogP contribution in [-0.2, 0) is 19.4 Å². The second kappa shape index (κ2) is 5.85. The number of aryl methyl sites for hydroxylation is 2. The van der Waals surface area contributed by atoms with Crippen LogP contribution in [0.1, 0.15) is 35.4 Å². The van der Waals surface area contributed by atoms with E-state index in [0.717, 1.165) is 29.9 Å². The standard InChI is InChI=1S/C14H16N4S2/c15-13(19)11-5-9-3-1-2-4-12(9)18-14(11)16-6-10-7-20-8-17-10/h5,7-8H,1-4,6H2,(H2,15,19)(H,16,18). The molecular weight excluding hydrogens is 288 g/mol. The summed E-state index contributed by atoms with van der Waals surface area (Å²) in [5.74, 6) is 0.783. The number of hydrogen-bond acceptors (Lipinski definition) is 5. The quantitative estimate of drug-likeness (QED) is 0.850. The molecule has 0 aliphatic heterocycles. The first-order valence-corrected chi connectivity index (χ1v) is 8.02. The first-order valence-electron chi connectivity index (χ1n) is 6.67. The number of pyridine rings is 1. The normalized spacial score (nSPS) is 13.8. The molecule has 0 saturated heterocycles. The number of fused-ring (bicyclic) bond motifs is 1. The molecule has 3 N–H and O–H groups in total. The molecule has 4 nitrogen and oxygen atoms in total. The van der Waals surface area contributed by atoms with Crippen LogP contribution in [0, 0.1) is 0 Å². The maximum Gasteiger partial charge on any atom is 0.136 e. The molecule has 20 heavy (non-hydrogen) atoms. The minimum Gasteiger partial charge on any atom is -0.389 e. The summed E-state index contributed by atoms with van der Waals surface area (Å²) >= 11 is 6.74. The van der Waals surface area contributed by atoms with Crippen LogP contribution in [0.25, 0.3) is 0 Å². The molecule has 2 aromatic heterocycles. The van der Waals surface area contributed by atoms with Crippen molar-refractivity contribution in [2.24, 2.45) is 5.73 Å². The molecule has 0 atom stereocenters. The summed E-state index contributed by atoms with van der Waals surface area (Å²) in [5, 5.41) is 5.33.